The molecule has 2 fully saturated rings. The van der Waals surface area contributed by atoms with E-state index in [1.807, 2.05) is 0 Å². The van der Waals surface area contributed by atoms with Crippen molar-refractivity contribution in [2.45, 2.75) is 89.9 Å². The topological polar surface area (TPSA) is 143 Å². The van der Waals surface area contributed by atoms with E-state index in [1.54, 1.807) is 41.5 Å². The summed E-state index contributed by atoms with van der Waals surface area (Å²) < 4.78 is 16.0. The Morgan fingerprint density at radius 1 is 0.806 bits per heavy atom. The number of carbonyl (C=O) groups excluding carboxylic acids is 3. The van der Waals surface area contributed by atoms with Crippen molar-refractivity contribution >= 4 is 24.1 Å². The fourth-order valence-corrected chi connectivity index (χ4v) is 3.44. The SMILES string of the molecule is CC(C)(C)OC(=O)N1C[C@H](OC(=O)[C@@H]2C[C@@H](O)CN2C(=O)OC(C)(C)C)C[C@H]1C(=O)O. The third kappa shape index (κ3) is 6.71. The Bertz CT molecular complexity index is 725. The number of carboxylic acids is 1. The number of carbonyl (C=O) groups is 4. The summed E-state index contributed by atoms with van der Waals surface area (Å²) in [4.78, 5) is 51.2. The smallest absolute Gasteiger partial charge is 0.411 e. The Labute approximate surface area is 181 Å². The highest BCUT2D eigenvalue weighted by molar-refractivity contribution is 5.83. The summed E-state index contributed by atoms with van der Waals surface area (Å²) >= 11 is 0. The van der Waals surface area contributed by atoms with Crippen LogP contribution in [0.25, 0.3) is 0 Å². The zero-order chi connectivity index (χ0) is 23.7. The number of rotatable bonds is 3. The number of nitrogens with zero attached hydrogens (tertiary/aromatic N) is 2. The van der Waals surface area contributed by atoms with E-state index >= 15 is 0 Å². The zero-order valence-corrected chi connectivity index (χ0v) is 18.8. The van der Waals surface area contributed by atoms with Crippen molar-refractivity contribution in [1.29, 1.82) is 0 Å². The van der Waals surface area contributed by atoms with Crippen molar-refractivity contribution in [3.8, 4) is 0 Å². The molecule has 0 saturated carbocycles. The molecule has 31 heavy (non-hydrogen) atoms. The van der Waals surface area contributed by atoms with Crippen LogP contribution in [0.5, 0.6) is 0 Å². The molecular weight excluding hydrogens is 412 g/mol. The molecule has 0 aromatic heterocycles. The average Bonchev–Trinajstić information content (AvgIpc) is 3.15. The van der Waals surface area contributed by atoms with Crippen LogP contribution in [0.15, 0.2) is 0 Å². The van der Waals surface area contributed by atoms with Gasteiger partial charge in [-0.05, 0) is 41.5 Å². The molecule has 11 nitrogen and oxygen atoms in total. The number of likely N-dealkylation sites (tertiary alicyclic amines) is 2. The number of ether oxygens (including phenoxy) is 3. The molecule has 2 amide bonds. The fraction of sp³-hybridized carbons (Fsp3) is 0.800. The highest BCUT2D eigenvalue weighted by Crippen LogP contribution is 2.27. The van der Waals surface area contributed by atoms with Crippen LogP contribution >= 0.6 is 0 Å². The molecule has 2 aliphatic rings. The summed E-state index contributed by atoms with van der Waals surface area (Å²) in [5.41, 5.74) is -1.60. The van der Waals surface area contributed by atoms with Gasteiger partial charge in [-0.1, -0.05) is 0 Å². The van der Waals surface area contributed by atoms with Crippen LogP contribution in [0.4, 0.5) is 9.59 Å². The lowest BCUT2D eigenvalue weighted by Crippen LogP contribution is -2.45. The molecule has 2 N–H and O–H groups in total. The quantitative estimate of drug-likeness (QED) is 0.487. The zero-order valence-electron chi connectivity index (χ0n) is 18.8. The number of β-amino-alcohol motifs (C(OH)–C–C–N with tert-alkyl or cyclic N) is 1. The van der Waals surface area contributed by atoms with E-state index in [0.717, 1.165) is 9.80 Å². The Balaban J connectivity index is 2.07. The summed E-state index contributed by atoms with van der Waals surface area (Å²) in [6.45, 7) is 9.78. The molecule has 4 atom stereocenters. The first-order valence-corrected chi connectivity index (χ1v) is 10.2. The molecule has 0 radical (unpaired) electrons. The van der Waals surface area contributed by atoms with Crippen LogP contribution in [0, 0.1) is 0 Å². The molecule has 0 unspecified atom stereocenters. The maximum absolute atomic E-state index is 12.7. The number of esters is 1. The fourth-order valence-electron chi connectivity index (χ4n) is 3.44. The first-order valence-electron chi connectivity index (χ1n) is 10.2. The molecule has 2 saturated heterocycles. The van der Waals surface area contributed by atoms with Crippen LogP contribution in [0.3, 0.4) is 0 Å². The van der Waals surface area contributed by atoms with Crippen molar-refractivity contribution in [2.75, 3.05) is 13.1 Å². The first kappa shape index (κ1) is 24.7. The Morgan fingerprint density at radius 3 is 1.74 bits per heavy atom. The second kappa shape index (κ2) is 8.89. The molecule has 0 aromatic rings. The van der Waals surface area contributed by atoms with E-state index in [0.29, 0.717) is 0 Å². The number of amides is 2. The van der Waals surface area contributed by atoms with Crippen molar-refractivity contribution in [1.82, 2.24) is 9.80 Å². The standard InChI is InChI=1S/C20H32N2O9/c1-19(2,3)30-17(27)21-9-11(23)7-14(21)16(26)29-12-8-13(15(24)25)22(10-12)18(28)31-20(4,5)6/h11-14,23H,7-10H2,1-6H3,(H,24,25)/t11-,12-,13+,14+/m1/s1. The summed E-state index contributed by atoms with van der Waals surface area (Å²) in [5.74, 6) is -2.03. The summed E-state index contributed by atoms with van der Waals surface area (Å²) in [5, 5.41) is 19.4. The third-order valence-electron chi connectivity index (χ3n) is 4.64. The lowest BCUT2D eigenvalue weighted by molar-refractivity contribution is -0.154. The maximum atomic E-state index is 12.7. The minimum Gasteiger partial charge on any atom is -0.480 e. The van der Waals surface area contributed by atoms with Gasteiger partial charge in [0.15, 0.2) is 0 Å². The lowest BCUT2D eigenvalue weighted by atomic mass is 10.2. The number of hydrogen-bond acceptors (Lipinski definition) is 8. The number of aliphatic carboxylic acids is 1. The molecule has 2 aliphatic heterocycles. The van der Waals surface area contributed by atoms with Crippen molar-refractivity contribution in [3.05, 3.63) is 0 Å². The molecule has 176 valence electrons. The molecule has 2 heterocycles. The Hall–Kier alpha value is -2.56. The van der Waals surface area contributed by atoms with Crippen LogP contribution < -0.4 is 0 Å². The van der Waals surface area contributed by atoms with Gasteiger partial charge in [0, 0.05) is 12.8 Å². The van der Waals surface area contributed by atoms with E-state index in [-0.39, 0.29) is 25.9 Å². The lowest BCUT2D eigenvalue weighted by Gasteiger charge is -2.28. The van der Waals surface area contributed by atoms with Gasteiger partial charge in [0.2, 0.25) is 0 Å². The van der Waals surface area contributed by atoms with Gasteiger partial charge in [-0.25, -0.2) is 19.2 Å². The summed E-state index contributed by atoms with van der Waals surface area (Å²) in [6, 6.07) is -2.27. The van der Waals surface area contributed by atoms with E-state index in [1.165, 1.54) is 0 Å². The van der Waals surface area contributed by atoms with Gasteiger partial charge >= 0.3 is 24.1 Å². The van der Waals surface area contributed by atoms with Crippen LogP contribution in [0.2, 0.25) is 0 Å². The van der Waals surface area contributed by atoms with E-state index in [2.05, 4.69) is 0 Å². The maximum Gasteiger partial charge on any atom is 0.411 e. The van der Waals surface area contributed by atoms with Gasteiger partial charge in [-0.2, -0.15) is 0 Å². The monoisotopic (exact) mass is 444 g/mol. The third-order valence-corrected chi connectivity index (χ3v) is 4.64. The predicted octanol–water partition coefficient (Wildman–Crippen LogP) is 1.36. The van der Waals surface area contributed by atoms with Gasteiger partial charge in [0.25, 0.3) is 0 Å². The largest absolute Gasteiger partial charge is 0.480 e. The van der Waals surface area contributed by atoms with Gasteiger partial charge < -0.3 is 24.4 Å². The second-order valence-corrected chi connectivity index (χ2v) is 9.82. The molecule has 2 rings (SSSR count). The Morgan fingerprint density at radius 2 is 1.29 bits per heavy atom. The van der Waals surface area contributed by atoms with E-state index < -0.39 is 59.6 Å². The van der Waals surface area contributed by atoms with Crippen molar-refractivity contribution in [2.24, 2.45) is 0 Å². The molecule has 0 aliphatic carbocycles. The molecule has 0 spiro atoms. The minimum atomic E-state index is -1.24. The van der Waals surface area contributed by atoms with Crippen LogP contribution in [-0.2, 0) is 23.8 Å². The van der Waals surface area contributed by atoms with Crippen LogP contribution in [-0.4, -0.2) is 92.7 Å². The molecule has 11 heteroatoms. The molecular formula is C20H32N2O9. The van der Waals surface area contributed by atoms with E-state index in [4.69, 9.17) is 14.2 Å². The highest BCUT2D eigenvalue weighted by atomic mass is 16.6. The van der Waals surface area contributed by atoms with Crippen molar-refractivity contribution in [3.63, 3.8) is 0 Å². The van der Waals surface area contributed by atoms with Gasteiger partial charge in [0.1, 0.15) is 29.4 Å². The number of hydrogen-bond donors (Lipinski definition) is 2. The van der Waals surface area contributed by atoms with E-state index in [9.17, 15) is 29.4 Å². The van der Waals surface area contributed by atoms with Crippen LogP contribution in [0.1, 0.15) is 54.4 Å². The average molecular weight is 444 g/mol. The van der Waals surface area contributed by atoms with Gasteiger partial charge in [-0.15, -0.1) is 0 Å². The first-order chi connectivity index (χ1) is 14.1. The highest BCUT2D eigenvalue weighted by Gasteiger charge is 2.46. The molecule has 0 bridgehead atoms. The number of aliphatic hydroxyl groups excluding tert-OH is 1. The number of aliphatic hydroxyl groups is 1. The van der Waals surface area contributed by atoms with Crippen molar-refractivity contribution < 1.29 is 43.6 Å². The Kier molecular flexibility index (Phi) is 7.09. The summed E-state index contributed by atoms with van der Waals surface area (Å²) in [7, 11) is 0. The summed E-state index contributed by atoms with van der Waals surface area (Å²) in [6.07, 6.45) is -3.51. The normalized spacial score (nSPS) is 26.5. The number of carboxylic acid groups (broad SMARTS) is 1. The van der Waals surface area contributed by atoms with Gasteiger partial charge in [0.05, 0.1) is 19.2 Å². The predicted molar refractivity (Wildman–Crippen MR) is 106 cm³/mol. The van der Waals surface area contributed by atoms with Gasteiger partial charge in [-0.3, -0.25) is 9.80 Å². The minimum absolute atomic E-state index is 0.0249. The second-order valence-electron chi connectivity index (χ2n) is 9.82. The molecule has 0 aromatic carbocycles.